The number of carbonyl (C=O) groups is 1. The number of hydrogen-bond acceptors (Lipinski definition) is 3. The summed E-state index contributed by atoms with van der Waals surface area (Å²) in [7, 11) is 0. The average Bonchev–Trinajstić information content (AvgIpc) is 2.90. The lowest BCUT2D eigenvalue weighted by atomic mass is 9.95. The molecule has 2 heterocycles. The third-order valence-corrected chi connectivity index (χ3v) is 5.73. The molecule has 0 aromatic carbocycles. The first-order valence-electron chi connectivity index (χ1n) is 9.42. The molecule has 1 amide bonds. The number of aromatic nitrogens is 1. The Bertz CT molecular complexity index is 567. The Balaban J connectivity index is 1.72. The maximum Gasteiger partial charge on any atom is 0.255 e. The number of carbonyl (C=O) groups excluding carboxylic acids is 1. The first-order valence-corrected chi connectivity index (χ1v) is 9.42. The lowest BCUT2D eigenvalue weighted by Gasteiger charge is -2.34. The number of rotatable bonds is 4. The van der Waals surface area contributed by atoms with Gasteiger partial charge >= 0.3 is 0 Å². The highest BCUT2D eigenvalue weighted by Gasteiger charge is 2.27. The van der Waals surface area contributed by atoms with Crippen molar-refractivity contribution < 1.29 is 9.90 Å². The number of nitrogens with zero attached hydrogens (tertiary/aromatic N) is 3. The summed E-state index contributed by atoms with van der Waals surface area (Å²) >= 11 is 0. The fourth-order valence-electron chi connectivity index (χ4n) is 4.38. The fraction of sp³-hybridized carbons (Fsp3) is 0.737. The van der Waals surface area contributed by atoms with Crippen molar-refractivity contribution in [2.45, 2.75) is 52.0 Å². The Kier molecular flexibility index (Phi) is 5.61. The minimum atomic E-state index is 0.175. The Hall–Kier alpha value is -1.33. The van der Waals surface area contributed by atoms with Gasteiger partial charge < -0.3 is 14.6 Å². The highest BCUT2D eigenvalue weighted by Crippen LogP contribution is 2.32. The summed E-state index contributed by atoms with van der Waals surface area (Å²) in [5, 5.41) is 9.04. The van der Waals surface area contributed by atoms with Crippen LogP contribution in [0.1, 0.15) is 59.9 Å². The zero-order valence-corrected chi connectivity index (χ0v) is 15.1. The van der Waals surface area contributed by atoms with Gasteiger partial charge in [-0.1, -0.05) is 19.3 Å². The van der Waals surface area contributed by atoms with Crippen molar-refractivity contribution in [1.29, 1.82) is 0 Å². The molecule has 1 aromatic heterocycles. The van der Waals surface area contributed by atoms with E-state index in [9.17, 15) is 4.79 Å². The molecule has 1 aromatic rings. The summed E-state index contributed by atoms with van der Waals surface area (Å²) in [5.74, 6) is 0.175. The Morgan fingerprint density at radius 3 is 2.42 bits per heavy atom. The van der Waals surface area contributed by atoms with Gasteiger partial charge in [0, 0.05) is 50.2 Å². The second-order valence-corrected chi connectivity index (χ2v) is 7.30. The van der Waals surface area contributed by atoms with Crippen LogP contribution in [0.25, 0.3) is 0 Å². The minimum absolute atomic E-state index is 0.175. The predicted molar refractivity (Wildman–Crippen MR) is 95.5 cm³/mol. The largest absolute Gasteiger partial charge is 0.395 e. The fourth-order valence-corrected chi connectivity index (χ4v) is 4.38. The van der Waals surface area contributed by atoms with Crippen LogP contribution in [0.15, 0.2) is 6.07 Å². The van der Waals surface area contributed by atoms with Gasteiger partial charge in [-0.05, 0) is 32.8 Å². The van der Waals surface area contributed by atoms with Gasteiger partial charge in [0.2, 0.25) is 0 Å². The topological polar surface area (TPSA) is 48.7 Å². The summed E-state index contributed by atoms with van der Waals surface area (Å²) in [6, 6.07) is 2.66. The van der Waals surface area contributed by atoms with Crippen molar-refractivity contribution in [3.63, 3.8) is 0 Å². The molecule has 24 heavy (non-hydrogen) atoms. The second-order valence-electron chi connectivity index (χ2n) is 7.30. The lowest BCUT2D eigenvalue weighted by molar-refractivity contribution is 0.0614. The molecular weight excluding hydrogens is 302 g/mol. The molecule has 5 nitrogen and oxygen atoms in total. The summed E-state index contributed by atoms with van der Waals surface area (Å²) in [6.45, 7) is 8.36. The van der Waals surface area contributed by atoms with Crippen LogP contribution in [0.5, 0.6) is 0 Å². The zero-order chi connectivity index (χ0) is 17.1. The lowest BCUT2D eigenvalue weighted by Crippen LogP contribution is -2.49. The molecule has 1 saturated carbocycles. The van der Waals surface area contributed by atoms with Crippen molar-refractivity contribution >= 4 is 5.91 Å². The van der Waals surface area contributed by atoms with Crippen LogP contribution >= 0.6 is 0 Å². The van der Waals surface area contributed by atoms with Gasteiger partial charge in [0.05, 0.1) is 12.2 Å². The van der Waals surface area contributed by atoms with E-state index in [1.807, 2.05) is 4.90 Å². The third kappa shape index (κ3) is 3.52. The molecule has 3 rings (SSSR count). The van der Waals surface area contributed by atoms with Crippen molar-refractivity contribution in [2.75, 3.05) is 39.3 Å². The van der Waals surface area contributed by atoms with Gasteiger partial charge in [0.25, 0.3) is 5.91 Å². The van der Waals surface area contributed by atoms with E-state index in [4.69, 9.17) is 5.11 Å². The maximum absolute atomic E-state index is 13.0. The first kappa shape index (κ1) is 17.5. The smallest absolute Gasteiger partial charge is 0.255 e. The predicted octanol–water partition coefficient (Wildman–Crippen LogP) is 2.36. The van der Waals surface area contributed by atoms with Gasteiger partial charge in [-0.15, -0.1) is 0 Å². The monoisotopic (exact) mass is 333 g/mol. The summed E-state index contributed by atoms with van der Waals surface area (Å²) in [6.07, 6.45) is 6.43. The molecule has 0 atom stereocenters. The standard InChI is InChI=1S/C19H31N3O2/c1-15-14-18(16(2)22(15)17-6-4-3-5-7-17)19(24)21-10-8-20(9-11-21)12-13-23/h14,17,23H,3-13H2,1-2H3. The molecule has 2 fully saturated rings. The molecule has 2 aliphatic rings. The van der Waals surface area contributed by atoms with Crippen LogP contribution in [0.3, 0.4) is 0 Å². The van der Waals surface area contributed by atoms with Crippen LogP contribution in [0.2, 0.25) is 0 Å². The van der Waals surface area contributed by atoms with Crippen LogP contribution in [-0.4, -0.2) is 64.7 Å². The zero-order valence-electron chi connectivity index (χ0n) is 15.1. The molecule has 0 unspecified atom stereocenters. The Morgan fingerprint density at radius 2 is 1.79 bits per heavy atom. The quantitative estimate of drug-likeness (QED) is 0.920. The normalized spacial score (nSPS) is 20.5. The molecule has 0 spiro atoms. The third-order valence-electron chi connectivity index (χ3n) is 5.73. The Morgan fingerprint density at radius 1 is 1.12 bits per heavy atom. The van der Waals surface area contributed by atoms with E-state index in [0.717, 1.165) is 37.4 Å². The number of amides is 1. The molecule has 134 valence electrons. The molecule has 0 radical (unpaired) electrons. The summed E-state index contributed by atoms with van der Waals surface area (Å²) in [5.41, 5.74) is 3.25. The van der Waals surface area contributed by atoms with Gasteiger partial charge in [-0.3, -0.25) is 9.69 Å². The summed E-state index contributed by atoms with van der Waals surface area (Å²) in [4.78, 5) is 17.2. The highest BCUT2D eigenvalue weighted by atomic mass is 16.3. The van der Waals surface area contributed by atoms with Crippen molar-refractivity contribution in [3.8, 4) is 0 Å². The van der Waals surface area contributed by atoms with Gasteiger partial charge in [0.1, 0.15) is 0 Å². The van der Waals surface area contributed by atoms with Crippen molar-refractivity contribution in [1.82, 2.24) is 14.4 Å². The number of aliphatic hydroxyl groups excluding tert-OH is 1. The van der Waals surface area contributed by atoms with E-state index in [-0.39, 0.29) is 12.5 Å². The van der Waals surface area contributed by atoms with Crippen molar-refractivity contribution in [2.24, 2.45) is 0 Å². The average molecular weight is 333 g/mol. The number of piperazine rings is 1. The molecule has 1 N–H and O–H groups in total. The number of β-amino-alcohol motifs (C(OH)–C–C–N with tert-alkyl or cyclic N) is 1. The first-order chi connectivity index (χ1) is 11.6. The SMILES string of the molecule is Cc1cc(C(=O)N2CCN(CCO)CC2)c(C)n1C1CCCCC1. The minimum Gasteiger partial charge on any atom is -0.395 e. The molecule has 1 aliphatic heterocycles. The van der Waals surface area contributed by atoms with E-state index in [2.05, 4.69) is 29.4 Å². The number of aliphatic hydroxyl groups is 1. The van der Waals surface area contributed by atoms with Crippen LogP contribution in [-0.2, 0) is 0 Å². The van der Waals surface area contributed by atoms with E-state index >= 15 is 0 Å². The summed E-state index contributed by atoms with van der Waals surface area (Å²) < 4.78 is 2.41. The van der Waals surface area contributed by atoms with Gasteiger partial charge in [-0.2, -0.15) is 0 Å². The molecule has 1 aliphatic carbocycles. The van der Waals surface area contributed by atoms with Gasteiger partial charge in [0.15, 0.2) is 0 Å². The van der Waals surface area contributed by atoms with E-state index < -0.39 is 0 Å². The van der Waals surface area contributed by atoms with Gasteiger partial charge in [-0.25, -0.2) is 0 Å². The molecule has 0 bridgehead atoms. The van der Waals surface area contributed by atoms with Crippen LogP contribution in [0.4, 0.5) is 0 Å². The van der Waals surface area contributed by atoms with Crippen LogP contribution < -0.4 is 0 Å². The number of hydrogen-bond donors (Lipinski definition) is 1. The van der Waals surface area contributed by atoms with E-state index in [1.54, 1.807) is 0 Å². The molecule has 5 heteroatoms. The number of aryl methyl sites for hydroxylation is 1. The van der Waals surface area contributed by atoms with Crippen LogP contribution in [0, 0.1) is 13.8 Å². The van der Waals surface area contributed by atoms with Crippen molar-refractivity contribution in [3.05, 3.63) is 23.0 Å². The maximum atomic E-state index is 13.0. The van der Waals surface area contributed by atoms with E-state index in [0.29, 0.717) is 12.6 Å². The molecular formula is C19H31N3O2. The second kappa shape index (κ2) is 7.70. The molecule has 1 saturated heterocycles. The highest BCUT2D eigenvalue weighted by molar-refractivity contribution is 5.95. The Labute approximate surface area is 145 Å². The van der Waals surface area contributed by atoms with E-state index in [1.165, 1.54) is 37.8 Å².